The van der Waals surface area contributed by atoms with Crippen LogP contribution < -0.4 is 10.6 Å². The Hall–Kier alpha value is -2.33. The first-order valence-electron chi connectivity index (χ1n) is 11.2. The van der Waals surface area contributed by atoms with Crippen LogP contribution in [0, 0.1) is 6.92 Å². The van der Waals surface area contributed by atoms with Gasteiger partial charge in [-0.1, -0.05) is 67.8 Å². The average molecular weight is 390 g/mol. The van der Waals surface area contributed by atoms with Gasteiger partial charge < -0.3 is 15.5 Å². The van der Waals surface area contributed by atoms with Crippen LogP contribution in [0.15, 0.2) is 48.5 Å². The molecule has 2 aromatic rings. The Morgan fingerprint density at radius 1 is 0.966 bits per heavy atom. The summed E-state index contributed by atoms with van der Waals surface area (Å²) in [6.07, 6.45) is 6.09. The van der Waals surface area contributed by atoms with Crippen molar-refractivity contribution in [3.63, 3.8) is 0 Å². The summed E-state index contributed by atoms with van der Waals surface area (Å²) >= 11 is 0. The topological polar surface area (TPSA) is 44.4 Å². The molecule has 4 nitrogen and oxygen atoms in total. The van der Waals surface area contributed by atoms with Gasteiger partial charge in [0.15, 0.2) is 0 Å². The van der Waals surface area contributed by atoms with Crippen LogP contribution in [0.2, 0.25) is 0 Å². The van der Waals surface area contributed by atoms with Crippen molar-refractivity contribution in [3.8, 4) is 11.1 Å². The van der Waals surface area contributed by atoms with E-state index >= 15 is 0 Å². The second-order valence-corrected chi connectivity index (χ2v) is 9.03. The van der Waals surface area contributed by atoms with Gasteiger partial charge in [0, 0.05) is 37.1 Å². The fourth-order valence-electron chi connectivity index (χ4n) is 5.45. The number of piperidine rings is 1. The van der Waals surface area contributed by atoms with Crippen LogP contribution in [0.5, 0.6) is 0 Å². The Balaban J connectivity index is 1.22. The molecule has 3 atom stereocenters. The Morgan fingerprint density at radius 2 is 1.66 bits per heavy atom. The molecule has 0 spiro atoms. The summed E-state index contributed by atoms with van der Waals surface area (Å²) in [5, 5.41) is 6.92. The lowest BCUT2D eigenvalue weighted by Gasteiger charge is -2.54. The maximum absolute atomic E-state index is 12.7. The first-order chi connectivity index (χ1) is 14.2. The Morgan fingerprint density at radius 3 is 2.34 bits per heavy atom. The van der Waals surface area contributed by atoms with Gasteiger partial charge in [0.05, 0.1) is 0 Å². The number of piperazine rings is 1. The van der Waals surface area contributed by atoms with Gasteiger partial charge in [0.1, 0.15) is 0 Å². The predicted molar refractivity (Wildman–Crippen MR) is 117 cm³/mol. The lowest BCUT2D eigenvalue weighted by Crippen LogP contribution is -2.73. The number of hydrogen-bond acceptors (Lipinski definition) is 2. The zero-order valence-electron chi connectivity index (χ0n) is 17.2. The van der Waals surface area contributed by atoms with Gasteiger partial charge in [-0.05, 0) is 42.0 Å². The minimum absolute atomic E-state index is 0.141. The molecule has 2 bridgehead atoms. The molecular weight excluding hydrogens is 358 g/mol. The van der Waals surface area contributed by atoms with E-state index < -0.39 is 0 Å². The van der Waals surface area contributed by atoms with Crippen LogP contribution in [0.1, 0.15) is 49.1 Å². The molecule has 29 heavy (non-hydrogen) atoms. The summed E-state index contributed by atoms with van der Waals surface area (Å²) in [4.78, 5) is 14.7. The highest BCUT2D eigenvalue weighted by Gasteiger charge is 2.48. The van der Waals surface area contributed by atoms with Crippen molar-refractivity contribution in [3.05, 3.63) is 59.7 Å². The minimum atomic E-state index is 0.141. The molecule has 1 saturated carbocycles. The number of nitrogens with one attached hydrogen (secondary N) is 2. The Bertz CT molecular complexity index is 860. The predicted octanol–water partition coefficient (Wildman–Crippen LogP) is 4.44. The quantitative estimate of drug-likeness (QED) is 0.815. The van der Waals surface area contributed by atoms with Crippen molar-refractivity contribution in [1.29, 1.82) is 0 Å². The summed E-state index contributed by atoms with van der Waals surface area (Å²) in [6.45, 7) is 3.77. The highest BCUT2D eigenvalue weighted by Crippen LogP contribution is 2.37. The third-order valence-electron chi connectivity index (χ3n) is 7.10. The van der Waals surface area contributed by atoms with Crippen LogP contribution in [0.25, 0.3) is 11.1 Å². The molecule has 4 heteroatoms. The van der Waals surface area contributed by atoms with Crippen LogP contribution in [-0.2, 0) is 0 Å². The molecule has 4 fully saturated rings. The zero-order valence-corrected chi connectivity index (χ0v) is 17.2. The Labute approximate surface area is 173 Å². The summed E-state index contributed by atoms with van der Waals surface area (Å²) < 4.78 is 0. The summed E-state index contributed by atoms with van der Waals surface area (Å²) in [7, 11) is 0. The molecule has 1 aliphatic carbocycles. The fourth-order valence-corrected chi connectivity index (χ4v) is 5.45. The molecule has 6 rings (SSSR count). The van der Waals surface area contributed by atoms with E-state index in [1.165, 1.54) is 41.5 Å². The van der Waals surface area contributed by atoms with Gasteiger partial charge in [-0.15, -0.1) is 0 Å². The molecule has 3 heterocycles. The molecule has 3 saturated heterocycles. The fraction of sp³-hybridized carbons (Fsp3) is 0.480. The van der Waals surface area contributed by atoms with Gasteiger partial charge in [-0.2, -0.15) is 0 Å². The largest absolute Gasteiger partial charge is 0.335 e. The van der Waals surface area contributed by atoms with Crippen LogP contribution in [0.4, 0.5) is 4.79 Å². The van der Waals surface area contributed by atoms with Crippen molar-refractivity contribution in [2.45, 2.75) is 63.1 Å². The third-order valence-corrected chi connectivity index (χ3v) is 7.10. The summed E-state index contributed by atoms with van der Waals surface area (Å²) in [5.74, 6) is 0.514. The van der Waals surface area contributed by atoms with Crippen molar-refractivity contribution >= 4 is 6.03 Å². The zero-order chi connectivity index (χ0) is 19.8. The first kappa shape index (κ1) is 18.7. The van der Waals surface area contributed by atoms with Crippen LogP contribution in [-0.4, -0.2) is 42.1 Å². The second-order valence-electron chi connectivity index (χ2n) is 9.03. The van der Waals surface area contributed by atoms with E-state index in [1.54, 1.807) is 0 Å². The molecule has 2 aromatic carbocycles. The number of carbonyl (C=O) groups is 1. The number of rotatable bonds is 3. The van der Waals surface area contributed by atoms with E-state index in [1.807, 2.05) is 4.90 Å². The van der Waals surface area contributed by atoms with E-state index in [-0.39, 0.29) is 6.03 Å². The minimum Gasteiger partial charge on any atom is -0.335 e. The van der Waals surface area contributed by atoms with E-state index in [4.69, 9.17) is 0 Å². The smallest absolute Gasteiger partial charge is 0.317 e. The standard InChI is InChI=1S/C25H31N3O/c1-17-7-5-6-10-21(17)18-11-13-19(14-12-18)24-22-15-28(16-23(24)27-22)25(29)26-20-8-3-2-4-9-20/h5-7,10-14,20,22-24,27H,2-4,8-9,15-16H2,1H3,(H,26,29)/t22-,23+,24?. The molecule has 0 radical (unpaired) electrons. The molecular formula is C25H31N3O. The SMILES string of the molecule is Cc1ccccc1-c1ccc(C2[C@@H]3CN(C(=O)NC4CCCCC4)C[C@H]2N3)cc1. The number of benzene rings is 2. The molecule has 0 aromatic heterocycles. The summed E-state index contributed by atoms with van der Waals surface area (Å²) in [6, 6.07) is 18.9. The summed E-state index contributed by atoms with van der Waals surface area (Å²) in [5.41, 5.74) is 5.28. The maximum atomic E-state index is 12.7. The number of carbonyl (C=O) groups excluding carboxylic acids is 1. The van der Waals surface area contributed by atoms with Crippen molar-refractivity contribution in [2.75, 3.05) is 13.1 Å². The highest BCUT2D eigenvalue weighted by molar-refractivity contribution is 5.75. The van der Waals surface area contributed by atoms with Crippen molar-refractivity contribution in [2.24, 2.45) is 0 Å². The van der Waals surface area contributed by atoms with Crippen LogP contribution >= 0.6 is 0 Å². The molecule has 2 amide bonds. The number of amides is 2. The first-order valence-corrected chi connectivity index (χ1v) is 11.2. The second kappa shape index (κ2) is 7.83. The van der Waals surface area contributed by atoms with Crippen molar-refractivity contribution < 1.29 is 4.79 Å². The number of nitrogens with zero attached hydrogens (tertiary/aromatic N) is 1. The molecule has 1 unspecified atom stereocenters. The van der Waals surface area contributed by atoms with Gasteiger partial charge in [0.25, 0.3) is 0 Å². The number of aryl methyl sites for hydroxylation is 1. The maximum Gasteiger partial charge on any atom is 0.317 e. The lowest BCUT2D eigenvalue weighted by atomic mass is 9.74. The van der Waals surface area contributed by atoms with Gasteiger partial charge in [-0.25, -0.2) is 4.79 Å². The highest BCUT2D eigenvalue weighted by atomic mass is 16.2. The van der Waals surface area contributed by atoms with Gasteiger partial charge in [-0.3, -0.25) is 0 Å². The van der Waals surface area contributed by atoms with E-state index in [9.17, 15) is 4.79 Å². The average Bonchev–Trinajstić information content (AvgIpc) is 2.75. The van der Waals surface area contributed by atoms with E-state index in [0.29, 0.717) is 24.0 Å². The molecule has 2 N–H and O–H groups in total. The Kier molecular flexibility index (Phi) is 5.04. The van der Waals surface area contributed by atoms with Gasteiger partial charge >= 0.3 is 6.03 Å². The van der Waals surface area contributed by atoms with E-state index in [2.05, 4.69) is 66.1 Å². The van der Waals surface area contributed by atoms with E-state index in [0.717, 1.165) is 25.9 Å². The number of hydrogen-bond donors (Lipinski definition) is 2. The molecule has 4 aliphatic rings. The van der Waals surface area contributed by atoms with Crippen molar-refractivity contribution in [1.82, 2.24) is 15.5 Å². The lowest BCUT2D eigenvalue weighted by molar-refractivity contribution is 0.0694. The number of urea groups is 1. The molecule has 152 valence electrons. The third kappa shape index (κ3) is 3.66. The normalized spacial score (nSPS) is 26.7. The van der Waals surface area contributed by atoms with Gasteiger partial charge in [0.2, 0.25) is 0 Å². The monoisotopic (exact) mass is 389 g/mol. The van der Waals surface area contributed by atoms with Crippen LogP contribution in [0.3, 0.4) is 0 Å². The molecule has 3 aliphatic heterocycles. The number of fused-ring (bicyclic) bond motifs is 2.